The molecule has 0 radical (unpaired) electrons. The average molecular weight is 450 g/mol. The Bertz CT molecular complexity index is 917. The fraction of sp³-hybridized carbons (Fsp3) is 0.333. The molecule has 0 amide bonds. The van der Waals surface area contributed by atoms with Gasteiger partial charge in [-0.15, -0.1) is 23.7 Å². The molecule has 1 unspecified atom stereocenters. The van der Waals surface area contributed by atoms with Crippen molar-refractivity contribution in [2.45, 2.75) is 35.7 Å². The van der Waals surface area contributed by atoms with E-state index >= 15 is 0 Å². The number of benzene rings is 1. The molecule has 0 aliphatic carbocycles. The quantitative estimate of drug-likeness (QED) is 0.508. The van der Waals surface area contributed by atoms with E-state index in [-0.39, 0.29) is 18.3 Å². The van der Waals surface area contributed by atoms with Crippen LogP contribution in [-0.4, -0.2) is 28.3 Å². The normalized spacial score (nSPS) is 15.5. The molecule has 1 aromatic carbocycles. The lowest BCUT2D eigenvalue weighted by molar-refractivity contribution is 0.00699. The minimum atomic E-state index is -0.525. The summed E-state index contributed by atoms with van der Waals surface area (Å²) in [5, 5.41) is 17.0. The number of ether oxygens (including phenoxy) is 1. The predicted molar refractivity (Wildman–Crippen MR) is 121 cm³/mol. The summed E-state index contributed by atoms with van der Waals surface area (Å²) in [4.78, 5) is 11.2. The van der Waals surface area contributed by atoms with Gasteiger partial charge in [-0.3, -0.25) is 0 Å². The summed E-state index contributed by atoms with van der Waals surface area (Å²) in [5.41, 5.74) is 1.84. The lowest BCUT2D eigenvalue weighted by Crippen LogP contribution is -2.22. The van der Waals surface area contributed by atoms with Crippen LogP contribution in [0.1, 0.15) is 30.2 Å². The van der Waals surface area contributed by atoms with Crippen molar-refractivity contribution >= 4 is 46.5 Å². The zero-order valence-electron chi connectivity index (χ0n) is 16.1. The number of rotatable bonds is 6. The summed E-state index contributed by atoms with van der Waals surface area (Å²) in [6.07, 6.45) is 3.00. The molecule has 154 valence electrons. The molecule has 4 rings (SSSR count). The Balaban J connectivity index is 0.00000240. The third kappa shape index (κ3) is 5.71. The molecule has 29 heavy (non-hydrogen) atoms. The van der Waals surface area contributed by atoms with Crippen molar-refractivity contribution in [3.8, 4) is 0 Å². The van der Waals surface area contributed by atoms with E-state index in [1.165, 1.54) is 0 Å². The Hall–Kier alpha value is -1.64. The zero-order valence-corrected chi connectivity index (χ0v) is 18.5. The fourth-order valence-corrected chi connectivity index (χ4v) is 4.85. The van der Waals surface area contributed by atoms with E-state index in [2.05, 4.69) is 27.4 Å². The highest BCUT2D eigenvalue weighted by Gasteiger charge is 2.24. The minimum absolute atomic E-state index is 0. The highest BCUT2D eigenvalue weighted by Crippen LogP contribution is 2.38. The number of nitrogens with one attached hydrogen (secondary N) is 1. The molecule has 0 bridgehead atoms. The van der Waals surface area contributed by atoms with Gasteiger partial charge in [-0.25, -0.2) is 9.97 Å². The lowest BCUT2D eigenvalue weighted by Gasteiger charge is -2.27. The Morgan fingerprint density at radius 1 is 1.24 bits per heavy atom. The Labute approximate surface area is 185 Å². The van der Waals surface area contributed by atoms with Gasteiger partial charge in [0.1, 0.15) is 5.82 Å². The number of anilines is 2. The summed E-state index contributed by atoms with van der Waals surface area (Å²) in [5.74, 6) is 0.969. The van der Waals surface area contributed by atoms with Gasteiger partial charge in [-0.1, -0.05) is 30.0 Å². The molecular weight excluding hydrogens is 426 g/mol. The van der Waals surface area contributed by atoms with Gasteiger partial charge in [-0.2, -0.15) is 0 Å². The molecule has 0 saturated carbocycles. The first kappa shape index (κ1) is 22.1. The van der Waals surface area contributed by atoms with Crippen LogP contribution in [0.15, 0.2) is 57.8 Å². The molecule has 5 nitrogen and oxygen atoms in total. The van der Waals surface area contributed by atoms with E-state index in [4.69, 9.17) is 4.74 Å². The van der Waals surface area contributed by atoms with E-state index in [1.807, 2.05) is 36.6 Å². The van der Waals surface area contributed by atoms with Gasteiger partial charge in [0.05, 0.1) is 16.7 Å². The van der Waals surface area contributed by atoms with E-state index in [1.54, 1.807) is 29.3 Å². The summed E-state index contributed by atoms with van der Waals surface area (Å²) in [6, 6.07) is 12.2. The number of aromatic nitrogens is 2. The number of hydrogen-bond donors (Lipinski definition) is 2. The maximum atomic E-state index is 10.9. The van der Waals surface area contributed by atoms with Gasteiger partial charge >= 0.3 is 0 Å². The average Bonchev–Trinajstić information content (AvgIpc) is 3.15. The van der Waals surface area contributed by atoms with E-state index in [0.29, 0.717) is 13.2 Å². The third-order valence-corrected chi connectivity index (χ3v) is 6.66. The molecule has 2 N–H and O–H groups in total. The predicted octanol–water partition coefficient (Wildman–Crippen LogP) is 5.62. The summed E-state index contributed by atoms with van der Waals surface area (Å²) < 4.78 is 5.43. The van der Waals surface area contributed by atoms with Crippen molar-refractivity contribution < 1.29 is 9.84 Å². The van der Waals surface area contributed by atoms with Crippen LogP contribution in [0.25, 0.3) is 0 Å². The number of nitrogens with zero attached hydrogens (tertiary/aromatic N) is 2. The maximum Gasteiger partial charge on any atom is 0.188 e. The Kier molecular flexibility index (Phi) is 7.91. The van der Waals surface area contributed by atoms with Crippen molar-refractivity contribution in [3.63, 3.8) is 0 Å². The number of aliphatic hydroxyl groups is 1. The summed E-state index contributed by atoms with van der Waals surface area (Å²) >= 11 is 3.19. The van der Waals surface area contributed by atoms with E-state index < -0.39 is 6.10 Å². The highest BCUT2D eigenvalue weighted by atomic mass is 35.5. The molecule has 1 fully saturated rings. The molecule has 1 aliphatic heterocycles. The van der Waals surface area contributed by atoms with Crippen LogP contribution < -0.4 is 5.32 Å². The monoisotopic (exact) mass is 449 g/mol. The smallest absolute Gasteiger partial charge is 0.188 e. The van der Waals surface area contributed by atoms with E-state index in [0.717, 1.165) is 44.8 Å². The molecule has 2 aromatic heterocycles. The number of halogens is 1. The molecular formula is C21H24ClN3O2S2. The van der Waals surface area contributed by atoms with Crippen molar-refractivity contribution in [3.05, 3.63) is 59.2 Å². The number of aliphatic hydroxyl groups excluding tert-OH is 1. The van der Waals surface area contributed by atoms with Crippen molar-refractivity contribution in [1.29, 1.82) is 0 Å². The van der Waals surface area contributed by atoms with Crippen molar-refractivity contribution in [2.24, 2.45) is 5.92 Å². The molecule has 8 heteroatoms. The molecule has 1 aliphatic rings. The number of thiazole rings is 1. The van der Waals surface area contributed by atoms with Crippen LogP contribution in [0, 0.1) is 12.8 Å². The van der Waals surface area contributed by atoms with Crippen molar-refractivity contribution in [1.82, 2.24) is 9.97 Å². The summed E-state index contributed by atoms with van der Waals surface area (Å²) in [7, 11) is 0. The minimum Gasteiger partial charge on any atom is -0.388 e. The van der Waals surface area contributed by atoms with Gasteiger partial charge in [0.2, 0.25) is 0 Å². The Morgan fingerprint density at radius 3 is 2.69 bits per heavy atom. The van der Waals surface area contributed by atoms with Crippen LogP contribution in [0.3, 0.4) is 0 Å². The number of pyridine rings is 1. The maximum absolute atomic E-state index is 10.9. The van der Waals surface area contributed by atoms with Gasteiger partial charge in [0.15, 0.2) is 5.13 Å². The topological polar surface area (TPSA) is 67.3 Å². The third-order valence-electron chi connectivity index (χ3n) is 4.74. The first-order chi connectivity index (χ1) is 13.7. The second-order valence-electron chi connectivity index (χ2n) is 6.84. The van der Waals surface area contributed by atoms with Gasteiger partial charge in [0, 0.05) is 35.2 Å². The molecule has 0 spiro atoms. The van der Waals surface area contributed by atoms with E-state index in [9.17, 15) is 5.11 Å². The SMILES string of the molecule is Cc1csc(Nc2ncc(C(O)C3CCOCC3)cc2Sc2ccccc2)n1.Cl. The largest absolute Gasteiger partial charge is 0.388 e. The highest BCUT2D eigenvalue weighted by molar-refractivity contribution is 7.99. The van der Waals surface area contributed by atoms with Crippen LogP contribution >= 0.6 is 35.5 Å². The second-order valence-corrected chi connectivity index (χ2v) is 8.82. The second kappa shape index (κ2) is 10.4. The molecule has 3 aromatic rings. The number of aryl methyl sites for hydroxylation is 1. The van der Waals surface area contributed by atoms with Crippen LogP contribution in [0.5, 0.6) is 0 Å². The van der Waals surface area contributed by atoms with Gasteiger partial charge in [0.25, 0.3) is 0 Å². The molecule has 1 atom stereocenters. The fourth-order valence-electron chi connectivity index (χ4n) is 3.23. The zero-order chi connectivity index (χ0) is 19.3. The first-order valence-electron chi connectivity index (χ1n) is 9.37. The first-order valence-corrected chi connectivity index (χ1v) is 11.1. The van der Waals surface area contributed by atoms with Crippen LogP contribution in [-0.2, 0) is 4.74 Å². The van der Waals surface area contributed by atoms with Gasteiger partial charge < -0.3 is 15.2 Å². The van der Waals surface area contributed by atoms with Crippen LogP contribution in [0.2, 0.25) is 0 Å². The van der Waals surface area contributed by atoms with Gasteiger partial charge in [-0.05, 0) is 43.9 Å². The van der Waals surface area contributed by atoms with Crippen molar-refractivity contribution in [2.75, 3.05) is 18.5 Å². The molecule has 3 heterocycles. The van der Waals surface area contributed by atoms with Crippen LogP contribution in [0.4, 0.5) is 10.9 Å². The summed E-state index contributed by atoms with van der Waals surface area (Å²) in [6.45, 7) is 3.40. The standard InChI is InChI=1S/C21H23N3O2S2.ClH/c1-14-13-27-21(23-14)24-20-18(28-17-5-3-2-4-6-17)11-16(12-22-20)19(25)15-7-9-26-10-8-15;/h2-6,11-13,15,19,25H,7-10H2,1H3,(H,22,23,24);1H. The molecule has 1 saturated heterocycles. The Morgan fingerprint density at radius 2 is 2.00 bits per heavy atom. The number of hydrogen-bond acceptors (Lipinski definition) is 7. The lowest BCUT2D eigenvalue weighted by atomic mass is 9.90.